The molecule has 0 atom stereocenters. The molecule has 0 saturated carbocycles. The van der Waals surface area contributed by atoms with Gasteiger partial charge in [-0.3, -0.25) is 9.59 Å². The first kappa shape index (κ1) is 13.1. The van der Waals surface area contributed by atoms with Crippen molar-refractivity contribution in [2.45, 2.75) is 20.4 Å². The Balaban J connectivity index is 2.10. The van der Waals surface area contributed by atoms with Crippen LogP contribution >= 0.6 is 0 Å². The summed E-state index contributed by atoms with van der Waals surface area (Å²) >= 11 is 0. The molecule has 1 amide bonds. The van der Waals surface area contributed by atoms with Crippen molar-refractivity contribution in [3.63, 3.8) is 0 Å². The molecule has 0 spiro atoms. The zero-order valence-electron chi connectivity index (χ0n) is 11.0. The fourth-order valence-electron chi connectivity index (χ4n) is 1.84. The zero-order chi connectivity index (χ0) is 13.8. The maximum absolute atomic E-state index is 12.0. The summed E-state index contributed by atoms with van der Waals surface area (Å²) in [6, 6.07) is 9.60. The van der Waals surface area contributed by atoms with E-state index in [4.69, 9.17) is 0 Å². The molecule has 98 valence electrons. The summed E-state index contributed by atoms with van der Waals surface area (Å²) in [7, 11) is 0. The molecule has 1 aromatic carbocycles. The maximum Gasteiger partial charge on any atom is 0.261 e. The lowest BCUT2D eigenvalue weighted by molar-refractivity contribution is 0.0948. The van der Waals surface area contributed by atoms with Gasteiger partial charge in [-0.15, -0.1) is 0 Å². The zero-order valence-corrected chi connectivity index (χ0v) is 11.0. The van der Waals surface area contributed by atoms with Crippen molar-refractivity contribution in [3.05, 3.63) is 69.1 Å². The molecular weight excluding hydrogens is 240 g/mol. The highest BCUT2D eigenvalue weighted by Crippen LogP contribution is 2.04. The minimum Gasteiger partial charge on any atom is -0.348 e. The smallest absolute Gasteiger partial charge is 0.261 e. The van der Waals surface area contributed by atoms with Gasteiger partial charge in [0.25, 0.3) is 11.5 Å². The lowest BCUT2D eigenvalue weighted by Gasteiger charge is -2.07. The van der Waals surface area contributed by atoms with Crippen LogP contribution in [-0.2, 0) is 6.54 Å². The van der Waals surface area contributed by atoms with Gasteiger partial charge in [-0.1, -0.05) is 29.8 Å². The molecule has 0 fully saturated rings. The van der Waals surface area contributed by atoms with E-state index >= 15 is 0 Å². The number of aryl methyl sites for hydroxylation is 2. The molecule has 0 bridgehead atoms. The molecule has 0 unspecified atom stereocenters. The molecule has 0 radical (unpaired) electrons. The molecule has 0 aliphatic rings. The van der Waals surface area contributed by atoms with Crippen molar-refractivity contribution in [1.82, 2.24) is 10.3 Å². The number of nitrogens with one attached hydrogen (secondary N) is 2. The van der Waals surface area contributed by atoms with E-state index in [1.54, 1.807) is 13.0 Å². The lowest BCUT2D eigenvalue weighted by atomic mass is 10.1. The minimum atomic E-state index is -0.360. The topological polar surface area (TPSA) is 62.0 Å². The highest BCUT2D eigenvalue weighted by molar-refractivity contribution is 5.95. The number of pyridine rings is 1. The van der Waals surface area contributed by atoms with Crippen LogP contribution in [0.3, 0.4) is 0 Å². The maximum atomic E-state index is 12.0. The van der Waals surface area contributed by atoms with Crippen LogP contribution in [0.25, 0.3) is 0 Å². The van der Waals surface area contributed by atoms with Crippen LogP contribution in [0.15, 0.2) is 41.3 Å². The van der Waals surface area contributed by atoms with E-state index in [0.29, 0.717) is 12.1 Å². The number of aromatic nitrogens is 1. The van der Waals surface area contributed by atoms with Gasteiger partial charge in [0.15, 0.2) is 0 Å². The SMILES string of the molecule is Cc1ccc(CNC(=O)c2c(C)cc[nH]c2=O)cc1. The number of benzene rings is 1. The first-order chi connectivity index (χ1) is 9.08. The molecule has 2 N–H and O–H groups in total. The van der Waals surface area contributed by atoms with E-state index in [9.17, 15) is 9.59 Å². The van der Waals surface area contributed by atoms with Gasteiger partial charge in [0.1, 0.15) is 5.56 Å². The fraction of sp³-hybridized carbons (Fsp3) is 0.200. The average Bonchev–Trinajstić information content (AvgIpc) is 2.38. The number of amides is 1. The van der Waals surface area contributed by atoms with Crippen molar-refractivity contribution < 1.29 is 4.79 Å². The monoisotopic (exact) mass is 256 g/mol. The molecular formula is C15H16N2O2. The molecule has 4 nitrogen and oxygen atoms in total. The lowest BCUT2D eigenvalue weighted by Crippen LogP contribution is -2.30. The third-order valence-electron chi connectivity index (χ3n) is 2.97. The molecule has 19 heavy (non-hydrogen) atoms. The first-order valence-corrected chi connectivity index (χ1v) is 6.10. The van der Waals surface area contributed by atoms with Gasteiger partial charge in [-0.25, -0.2) is 0 Å². The fourth-order valence-corrected chi connectivity index (χ4v) is 1.84. The summed E-state index contributed by atoms with van der Waals surface area (Å²) in [6.45, 7) is 4.16. The Kier molecular flexibility index (Phi) is 3.80. The minimum absolute atomic E-state index is 0.176. The van der Waals surface area contributed by atoms with E-state index in [0.717, 1.165) is 5.56 Å². The van der Waals surface area contributed by atoms with Crippen LogP contribution in [0, 0.1) is 13.8 Å². The van der Waals surface area contributed by atoms with Crippen LogP contribution in [0.2, 0.25) is 0 Å². The molecule has 0 aliphatic carbocycles. The molecule has 2 aromatic rings. The highest BCUT2D eigenvalue weighted by Gasteiger charge is 2.12. The van der Waals surface area contributed by atoms with Gasteiger partial charge in [0.05, 0.1) is 0 Å². The van der Waals surface area contributed by atoms with Crippen molar-refractivity contribution >= 4 is 5.91 Å². The van der Waals surface area contributed by atoms with Crippen molar-refractivity contribution in [2.75, 3.05) is 0 Å². The van der Waals surface area contributed by atoms with E-state index in [2.05, 4.69) is 10.3 Å². The van der Waals surface area contributed by atoms with Crippen LogP contribution in [0.5, 0.6) is 0 Å². The Morgan fingerprint density at radius 3 is 2.47 bits per heavy atom. The van der Waals surface area contributed by atoms with Crippen LogP contribution < -0.4 is 10.9 Å². The van der Waals surface area contributed by atoms with Gasteiger partial charge in [-0.2, -0.15) is 0 Å². The summed E-state index contributed by atoms with van der Waals surface area (Å²) in [5.74, 6) is -0.347. The van der Waals surface area contributed by atoms with Gasteiger partial charge in [-0.05, 0) is 31.0 Å². The van der Waals surface area contributed by atoms with Crippen LogP contribution in [0.4, 0.5) is 0 Å². The van der Waals surface area contributed by atoms with Crippen molar-refractivity contribution in [1.29, 1.82) is 0 Å². The van der Waals surface area contributed by atoms with Crippen molar-refractivity contribution in [2.24, 2.45) is 0 Å². The summed E-state index contributed by atoms with van der Waals surface area (Å²) in [5, 5.41) is 2.76. The predicted molar refractivity (Wildman–Crippen MR) is 74.1 cm³/mol. The van der Waals surface area contributed by atoms with Gasteiger partial charge in [0.2, 0.25) is 0 Å². The van der Waals surface area contributed by atoms with Gasteiger partial charge >= 0.3 is 0 Å². The number of rotatable bonds is 3. The number of carbonyl (C=O) groups is 1. The highest BCUT2D eigenvalue weighted by atomic mass is 16.2. The summed E-state index contributed by atoms with van der Waals surface area (Å²) in [4.78, 5) is 26.1. The van der Waals surface area contributed by atoms with E-state index in [-0.39, 0.29) is 17.0 Å². The number of H-pyrrole nitrogens is 1. The molecule has 4 heteroatoms. The molecule has 0 saturated heterocycles. The molecule has 0 aliphatic heterocycles. The number of carbonyl (C=O) groups excluding carboxylic acids is 1. The largest absolute Gasteiger partial charge is 0.348 e. The third-order valence-corrected chi connectivity index (χ3v) is 2.97. The predicted octanol–water partition coefficient (Wildman–Crippen LogP) is 1.92. The first-order valence-electron chi connectivity index (χ1n) is 6.10. The molecule has 1 heterocycles. The van der Waals surface area contributed by atoms with Crippen LogP contribution in [-0.4, -0.2) is 10.9 Å². The van der Waals surface area contributed by atoms with E-state index < -0.39 is 0 Å². The summed E-state index contributed by atoms with van der Waals surface area (Å²) in [5.41, 5.74) is 2.66. The number of hydrogen-bond acceptors (Lipinski definition) is 2. The normalized spacial score (nSPS) is 10.2. The third kappa shape index (κ3) is 3.10. The Morgan fingerprint density at radius 1 is 1.16 bits per heavy atom. The van der Waals surface area contributed by atoms with Crippen molar-refractivity contribution in [3.8, 4) is 0 Å². The Morgan fingerprint density at radius 2 is 1.84 bits per heavy atom. The summed E-state index contributed by atoms with van der Waals surface area (Å²) in [6.07, 6.45) is 1.54. The van der Waals surface area contributed by atoms with E-state index in [1.807, 2.05) is 31.2 Å². The second kappa shape index (κ2) is 5.52. The van der Waals surface area contributed by atoms with Gasteiger partial charge < -0.3 is 10.3 Å². The summed E-state index contributed by atoms with van der Waals surface area (Å²) < 4.78 is 0. The molecule has 2 rings (SSSR count). The standard InChI is InChI=1S/C15H16N2O2/c1-10-3-5-12(6-4-10)9-17-15(19)13-11(2)7-8-16-14(13)18/h3-8H,9H2,1-2H3,(H,16,18)(H,17,19). The second-order valence-electron chi connectivity index (χ2n) is 4.53. The number of aromatic amines is 1. The Bertz CT molecular complexity index is 642. The van der Waals surface area contributed by atoms with Crippen LogP contribution in [0.1, 0.15) is 27.0 Å². The van der Waals surface area contributed by atoms with E-state index in [1.165, 1.54) is 11.8 Å². The number of hydrogen-bond donors (Lipinski definition) is 2. The van der Waals surface area contributed by atoms with Gasteiger partial charge in [0, 0.05) is 12.7 Å². The second-order valence-corrected chi connectivity index (χ2v) is 4.53. The average molecular weight is 256 g/mol. The molecule has 1 aromatic heterocycles. The Labute approximate surface area is 111 Å². The quantitative estimate of drug-likeness (QED) is 0.881. The Hall–Kier alpha value is -2.36.